The predicted molar refractivity (Wildman–Crippen MR) is 129 cm³/mol. The first-order valence-electron chi connectivity index (χ1n) is 10.5. The van der Waals surface area contributed by atoms with Gasteiger partial charge in [-0.1, -0.05) is 56.3 Å². The standard InChI is InChI=1S/C24H28N2O5S2/c1-16(2)23(24(27)25-17(3)18-9-12-21(13-10-18)32(4,28)29)26-33(30,31)22-14-11-19-7-5-6-8-20(19)15-22/h5-17,23,26H,1-4H3,(H,25,27). The smallest absolute Gasteiger partial charge is 0.241 e. The highest BCUT2D eigenvalue weighted by atomic mass is 32.2. The Labute approximate surface area is 195 Å². The van der Waals surface area contributed by atoms with Crippen LogP contribution >= 0.6 is 0 Å². The summed E-state index contributed by atoms with van der Waals surface area (Å²) in [6, 6.07) is 17.1. The van der Waals surface area contributed by atoms with Crippen molar-refractivity contribution in [2.24, 2.45) is 5.92 Å². The van der Waals surface area contributed by atoms with Crippen molar-refractivity contribution in [2.45, 2.75) is 42.6 Å². The number of benzene rings is 3. The van der Waals surface area contributed by atoms with E-state index < -0.39 is 37.9 Å². The van der Waals surface area contributed by atoms with Crippen LogP contribution < -0.4 is 10.0 Å². The fraction of sp³-hybridized carbons (Fsp3) is 0.292. The quantitative estimate of drug-likeness (QED) is 0.505. The molecule has 2 atom stereocenters. The van der Waals surface area contributed by atoms with Crippen molar-refractivity contribution in [3.05, 3.63) is 72.3 Å². The first-order valence-corrected chi connectivity index (χ1v) is 13.9. The van der Waals surface area contributed by atoms with Gasteiger partial charge < -0.3 is 5.32 Å². The molecule has 0 aliphatic carbocycles. The number of sulfone groups is 1. The molecule has 3 aromatic rings. The molecule has 0 bridgehead atoms. The number of hydrogen-bond acceptors (Lipinski definition) is 5. The highest BCUT2D eigenvalue weighted by molar-refractivity contribution is 7.90. The van der Waals surface area contributed by atoms with Crippen LogP contribution in [-0.4, -0.2) is 35.0 Å². The highest BCUT2D eigenvalue weighted by Gasteiger charge is 2.29. The molecule has 0 fully saturated rings. The Hall–Kier alpha value is -2.75. The number of rotatable bonds is 8. The van der Waals surface area contributed by atoms with Crippen molar-refractivity contribution in [3.63, 3.8) is 0 Å². The monoisotopic (exact) mass is 488 g/mol. The maximum absolute atomic E-state index is 13.0. The fourth-order valence-corrected chi connectivity index (χ4v) is 5.46. The zero-order valence-corrected chi connectivity index (χ0v) is 20.6. The van der Waals surface area contributed by atoms with E-state index in [2.05, 4.69) is 10.0 Å². The Balaban J connectivity index is 1.77. The summed E-state index contributed by atoms with van der Waals surface area (Å²) in [6.07, 6.45) is 1.13. The minimum absolute atomic E-state index is 0.0871. The molecule has 1 amide bonds. The van der Waals surface area contributed by atoms with Gasteiger partial charge >= 0.3 is 0 Å². The molecule has 3 rings (SSSR count). The molecular formula is C24H28N2O5S2. The lowest BCUT2D eigenvalue weighted by Crippen LogP contribution is -2.50. The van der Waals surface area contributed by atoms with Crippen molar-refractivity contribution < 1.29 is 21.6 Å². The van der Waals surface area contributed by atoms with Gasteiger partial charge in [-0.05, 0) is 53.4 Å². The second kappa shape index (κ2) is 9.62. The first-order chi connectivity index (χ1) is 15.4. The Morgan fingerprint density at radius 1 is 0.788 bits per heavy atom. The van der Waals surface area contributed by atoms with E-state index in [1.165, 1.54) is 18.2 Å². The largest absolute Gasteiger partial charge is 0.348 e. The van der Waals surface area contributed by atoms with Crippen LogP contribution in [0.1, 0.15) is 32.4 Å². The van der Waals surface area contributed by atoms with E-state index >= 15 is 0 Å². The first kappa shape index (κ1) is 24.9. The van der Waals surface area contributed by atoms with Crippen LogP contribution in [0.15, 0.2) is 76.5 Å². The summed E-state index contributed by atoms with van der Waals surface area (Å²) in [7, 11) is -7.26. The van der Waals surface area contributed by atoms with Gasteiger partial charge in [-0.15, -0.1) is 0 Å². The van der Waals surface area contributed by atoms with Gasteiger partial charge in [-0.3, -0.25) is 4.79 Å². The zero-order valence-electron chi connectivity index (χ0n) is 18.9. The zero-order chi connectivity index (χ0) is 24.4. The van der Waals surface area contributed by atoms with E-state index in [4.69, 9.17) is 0 Å². The lowest BCUT2D eigenvalue weighted by atomic mass is 10.0. The minimum atomic E-state index is -3.94. The summed E-state index contributed by atoms with van der Waals surface area (Å²) in [5, 5.41) is 4.53. The van der Waals surface area contributed by atoms with E-state index in [-0.39, 0.29) is 15.7 Å². The molecule has 2 unspecified atom stereocenters. The third-order valence-corrected chi connectivity index (χ3v) is 8.00. The van der Waals surface area contributed by atoms with E-state index in [0.29, 0.717) is 5.56 Å². The summed E-state index contributed by atoms with van der Waals surface area (Å²) in [5.74, 6) is -0.769. The molecule has 0 heterocycles. The summed E-state index contributed by atoms with van der Waals surface area (Å²) in [4.78, 5) is 13.3. The van der Waals surface area contributed by atoms with Crippen LogP contribution in [0.5, 0.6) is 0 Å². The average molecular weight is 489 g/mol. The van der Waals surface area contributed by atoms with E-state index in [1.807, 2.05) is 24.3 Å². The molecule has 33 heavy (non-hydrogen) atoms. The molecule has 7 nitrogen and oxygen atoms in total. The molecule has 2 N–H and O–H groups in total. The van der Waals surface area contributed by atoms with E-state index in [0.717, 1.165) is 17.0 Å². The van der Waals surface area contributed by atoms with Crippen LogP contribution in [0.2, 0.25) is 0 Å². The number of carbonyl (C=O) groups excluding carboxylic acids is 1. The number of amides is 1. The van der Waals surface area contributed by atoms with Crippen molar-refractivity contribution in [1.29, 1.82) is 0 Å². The molecule has 0 radical (unpaired) electrons. The number of sulfonamides is 1. The van der Waals surface area contributed by atoms with Crippen LogP contribution in [0.4, 0.5) is 0 Å². The Morgan fingerprint density at radius 2 is 1.36 bits per heavy atom. The summed E-state index contributed by atoms with van der Waals surface area (Å²) < 4.78 is 51.9. The molecule has 3 aromatic carbocycles. The second-order valence-electron chi connectivity index (χ2n) is 8.42. The SMILES string of the molecule is CC(NC(=O)C(NS(=O)(=O)c1ccc2ccccc2c1)C(C)C)c1ccc(S(C)(=O)=O)cc1. The molecule has 0 aromatic heterocycles. The fourth-order valence-electron chi connectivity index (χ4n) is 3.45. The Kier molecular flexibility index (Phi) is 7.26. The summed E-state index contributed by atoms with van der Waals surface area (Å²) in [5.41, 5.74) is 0.704. The normalized spacial score (nSPS) is 14.2. The lowest BCUT2D eigenvalue weighted by molar-refractivity contribution is -0.124. The van der Waals surface area contributed by atoms with Crippen molar-refractivity contribution >= 4 is 36.5 Å². The van der Waals surface area contributed by atoms with Gasteiger partial charge in [0, 0.05) is 6.26 Å². The minimum Gasteiger partial charge on any atom is -0.348 e. The molecule has 0 saturated carbocycles. The molecule has 0 aliphatic heterocycles. The third-order valence-electron chi connectivity index (χ3n) is 5.43. The van der Waals surface area contributed by atoms with Gasteiger partial charge in [0.25, 0.3) is 0 Å². The number of nitrogens with one attached hydrogen (secondary N) is 2. The Bertz CT molecular complexity index is 1370. The van der Waals surface area contributed by atoms with Gasteiger partial charge in [0.15, 0.2) is 9.84 Å². The maximum atomic E-state index is 13.0. The molecular weight excluding hydrogens is 460 g/mol. The van der Waals surface area contributed by atoms with Crippen LogP contribution in [-0.2, 0) is 24.7 Å². The molecule has 0 spiro atoms. The lowest BCUT2D eigenvalue weighted by Gasteiger charge is -2.24. The average Bonchev–Trinajstić information content (AvgIpc) is 2.76. The van der Waals surface area contributed by atoms with Crippen LogP contribution in [0.3, 0.4) is 0 Å². The molecule has 176 valence electrons. The Morgan fingerprint density at radius 3 is 1.94 bits per heavy atom. The maximum Gasteiger partial charge on any atom is 0.241 e. The summed E-state index contributed by atoms with van der Waals surface area (Å²) in [6.45, 7) is 5.28. The van der Waals surface area contributed by atoms with E-state index in [9.17, 15) is 21.6 Å². The van der Waals surface area contributed by atoms with Crippen molar-refractivity contribution in [2.75, 3.05) is 6.26 Å². The highest BCUT2D eigenvalue weighted by Crippen LogP contribution is 2.21. The van der Waals surface area contributed by atoms with Gasteiger partial charge in [-0.2, -0.15) is 4.72 Å². The van der Waals surface area contributed by atoms with E-state index in [1.54, 1.807) is 45.0 Å². The van der Waals surface area contributed by atoms with Crippen LogP contribution in [0.25, 0.3) is 10.8 Å². The van der Waals surface area contributed by atoms with Crippen LogP contribution in [0, 0.1) is 5.92 Å². The van der Waals surface area contributed by atoms with Gasteiger partial charge in [-0.25, -0.2) is 16.8 Å². The number of hydrogen-bond donors (Lipinski definition) is 2. The predicted octanol–water partition coefficient (Wildman–Crippen LogP) is 3.42. The van der Waals surface area contributed by atoms with Crippen molar-refractivity contribution in [1.82, 2.24) is 10.0 Å². The van der Waals surface area contributed by atoms with Gasteiger partial charge in [0.2, 0.25) is 15.9 Å². The number of fused-ring (bicyclic) bond motifs is 1. The molecule has 9 heteroatoms. The number of carbonyl (C=O) groups is 1. The molecule has 0 aliphatic rings. The third kappa shape index (κ3) is 5.98. The van der Waals surface area contributed by atoms with Gasteiger partial charge in [0.1, 0.15) is 6.04 Å². The van der Waals surface area contributed by atoms with Crippen molar-refractivity contribution in [3.8, 4) is 0 Å². The molecule has 0 saturated heterocycles. The van der Waals surface area contributed by atoms with Gasteiger partial charge in [0.05, 0.1) is 15.8 Å². The topological polar surface area (TPSA) is 109 Å². The summed E-state index contributed by atoms with van der Waals surface area (Å²) >= 11 is 0. The second-order valence-corrected chi connectivity index (χ2v) is 12.2.